The number of rotatable bonds is 20. The van der Waals surface area contributed by atoms with Gasteiger partial charge in [0.05, 0.1) is 5.41 Å². The SMILES string of the molecule is CC(C)N(c1ccc(N2c3ccc(cc3)N(C(C)C)C(C)CC(C)N(C(C)C)c3ccc(cc3)N(c3ccc(N(C(C)C)C(C)C)cc3)c3ccc4c(c3)C35c6cc2ccc6-c2ccc(cc23)N(c2ccc(N(C(C)C)C(C)C)cc2)c2ccc(cc2)N(C(C)C)C(C)CC(C)N(C(C)C)c2ccc(cc2)N(c2ccc(N(C(C)C)C(C)C)cc2)c2ccc-4c5c2)cc1)C(C)C. The molecule has 684 valence electrons. The summed E-state index contributed by atoms with van der Waals surface area (Å²) in [5.74, 6) is 0. The lowest BCUT2D eigenvalue weighted by atomic mass is 9.70. The molecular weight excluding hydrogens is 1600 g/mol. The van der Waals surface area contributed by atoms with Crippen molar-refractivity contribution in [3.63, 3.8) is 0 Å². The highest BCUT2D eigenvalue weighted by molar-refractivity contribution is 6.00. The van der Waals surface area contributed by atoms with Crippen molar-refractivity contribution in [1.82, 2.24) is 0 Å². The van der Waals surface area contributed by atoms with E-state index in [2.05, 4.69) is 520 Å². The van der Waals surface area contributed by atoms with Crippen molar-refractivity contribution in [3.05, 3.63) is 289 Å². The molecule has 4 atom stereocenters. The van der Waals surface area contributed by atoms with Crippen LogP contribution in [0.4, 0.5) is 114 Å². The number of hydrogen-bond acceptors (Lipinski definition) is 12. The average Bonchev–Trinajstić information content (AvgIpc) is 1.50. The Morgan fingerprint density at radius 3 is 0.473 bits per heavy atom. The van der Waals surface area contributed by atoms with Crippen LogP contribution in [0, 0.1) is 0 Å². The van der Waals surface area contributed by atoms with Gasteiger partial charge < -0.3 is 58.8 Å². The Kier molecular flexibility index (Phi) is 26.5. The highest BCUT2D eigenvalue weighted by atomic mass is 15.3. The smallest absolute Gasteiger partial charge is 0.0728 e. The Balaban J connectivity index is 1.06. The summed E-state index contributed by atoms with van der Waals surface area (Å²) in [5.41, 5.74) is 31.3. The van der Waals surface area contributed by atoms with E-state index in [-0.39, 0.29) is 48.3 Å². The van der Waals surface area contributed by atoms with Crippen LogP contribution >= 0.6 is 0 Å². The lowest BCUT2D eigenvalue weighted by molar-refractivity contribution is 0.465. The first-order chi connectivity index (χ1) is 62.5. The third kappa shape index (κ3) is 17.3. The maximum absolute atomic E-state index is 2.66. The Bertz CT molecular complexity index is 5150. The molecule has 0 amide bonds. The van der Waals surface area contributed by atoms with E-state index >= 15 is 0 Å². The summed E-state index contributed by atoms with van der Waals surface area (Å²) < 4.78 is 0. The van der Waals surface area contributed by atoms with E-state index in [4.69, 9.17) is 0 Å². The van der Waals surface area contributed by atoms with Gasteiger partial charge in [0.15, 0.2) is 0 Å². The van der Waals surface area contributed by atoms with Gasteiger partial charge in [0.25, 0.3) is 0 Å². The number of anilines is 20. The van der Waals surface area contributed by atoms with Gasteiger partial charge in [-0.05, 0) is 494 Å². The molecule has 12 heteroatoms. The van der Waals surface area contributed by atoms with Crippen LogP contribution in [0.3, 0.4) is 0 Å². The summed E-state index contributed by atoms with van der Waals surface area (Å²) in [4.78, 5) is 31.0. The van der Waals surface area contributed by atoms with Crippen LogP contribution in [0.15, 0.2) is 267 Å². The molecule has 12 aromatic rings. The molecule has 10 aliphatic rings. The van der Waals surface area contributed by atoms with Gasteiger partial charge in [-0.3, -0.25) is 0 Å². The molecule has 16 bridgehead atoms. The van der Waals surface area contributed by atoms with Crippen molar-refractivity contribution in [2.75, 3.05) is 58.8 Å². The highest BCUT2D eigenvalue weighted by Crippen LogP contribution is 2.66. The summed E-state index contributed by atoms with van der Waals surface area (Å²) >= 11 is 0. The van der Waals surface area contributed by atoms with Crippen LogP contribution in [0.5, 0.6) is 0 Å². The lowest BCUT2D eigenvalue weighted by Crippen LogP contribution is -2.46. The zero-order valence-corrected chi connectivity index (χ0v) is 83.9. The second kappa shape index (κ2) is 37.5. The second-order valence-corrected chi connectivity index (χ2v) is 41.4. The minimum Gasteiger partial charge on any atom is -0.367 e. The normalized spacial score (nSPS) is 17.5. The van der Waals surface area contributed by atoms with Crippen LogP contribution in [0.1, 0.15) is 229 Å². The Morgan fingerprint density at radius 2 is 0.328 bits per heavy atom. The number of benzene rings is 12. The summed E-state index contributed by atoms with van der Waals surface area (Å²) in [5, 5.41) is 0. The molecule has 22 rings (SSSR count). The average molecular weight is 1750 g/mol. The maximum atomic E-state index is 2.66. The van der Waals surface area contributed by atoms with Gasteiger partial charge in [-0.2, -0.15) is 0 Å². The van der Waals surface area contributed by atoms with Crippen molar-refractivity contribution in [3.8, 4) is 22.3 Å². The van der Waals surface area contributed by atoms with Gasteiger partial charge in [0.1, 0.15) is 0 Å². The van der Waals surface area contributed by atoms with Crippen LogP contribution in [0.2, 0.25) is 0 Å². The van der Waals surface area contributed by atoms with E-state index in [1.165, 1.54) is 90.0 Å². The summed E-state index contributed by atoms with van der Waals surface area (Å²) in [6.45, 7) is 65.7. The fourth-order valence-corrected chi connectivity index (χ4v) is 24.2. The van der Waals surface area contributed by atoms with Gasteiger partial charge in [0, 0.05) is 210 Å². The lowest BCUT2D eigenvalue weighted by Gasteiger charge is -2.41. The van der Waals surface area contributed by atoms with E-state index in [1.807, 2.05) is 0 Å². The standard InChI is InChI=1S/C119H148N12/c1-75(2)120(76(3)4)91-29-45-99(46-30-91)128-103-53-37-95(38-54-103)124(83(17)18)87(25)69-88(26)125(84(19)20)96-39-57-105(58-40-96)130(101-49-33-93(34-50-101)122(79(9)10)80(11)12)109-63-67-113-114-68-64-110-74-118(114)119(117(113)73-109)115-71-107(128)61-65-111(115)112-66-62-108(72-116(112)119)129(100-47-31-92(32-48-100)121(77(5)6)78(7)8)104-55-41-97(42-56-104)126(85(21)22)89(27)70-90(28)127(86(23)24)98-43-59-106(60-44-98)131(110)102-51-35-94(36-52-102)123(81(13)14)82(15)16/h29-68,71-90H,69-70H2,1-28H3. The first kappa shape index (κ1) is 92.5. The largest absolute Gasteiger partial charge is 0.367 e. The molecular formula is C119H148N12. The monoisotopic (exact) mass is 1750 g/mol. The van der Waals surface area contributed by atoms with Crippen LogP contribution in [0.25, 0.3) is 22.3 Å². The van der Waals surface area contributed by atoms with E-state index in [0.717, 1.165) is 81.1 Å². The fraction of sp³-hybridized carbons (Fsp3) is 0.395. The topological polar surface area (TPSA) is 38.9 Å². The van der Waals surface area contributed by atoms with Crippen molar-refractivity contribution in [2.45, 2.75) is 309 Å². The van der Waals surface area contributed by atoms with E-state index in [1.54, 1.807) is 0 Å². The zero-order valence-electron chi connectivity index (χ0n) is 83.9. The molecule has 0 fully saturated rings. The molecule has 0 saturated heterocycles. The highest BCUT2D eigenvalue weighted by Gasteiger charge is 2.53. The number of hydrogen-bond donors (Lipinski definition) is 0. The number of fused-ring (bicyclic) bond motifs is 2. The third-order valence-electron chi connectivity index (χ3n) is 28.4. The Labute approximate surface area is 787 Å². The minimum atomic E-state index is -1.00. The van der Waals surface area contributed by atoms with Crippen molar-refractivity contribution in [1.29, 1.82) is 0 Å². The molecule has 131 heavy (non-hydrogen) atoms. The summed E-state index contributed by atoms with van der Waals surface area (Å²) in [7, 11) is 0. The molecule has 0 radical (unpaired) electrons. The predicted octanol–water partition coefficient (Wildman–Crippen LogP) is 31.6. The molecule has 0 N–H and O–H groups in total. The quantitative estimate of drug-likeness (QED) is 0.0730. The second-order valence-electron chi connectivity index (χ2n) is 41.4. The Morgan fingerprint density at radius 1 is 0.191 bits per heavy atom. The molecule has 8 aliphatic heterocycles. The molecule has 4 unspecified atom stereocenters. The van der Waals surface area contributed by atoms with Gasteiger partial charge in [0.2, 0.25) is 0 Å². The van der Waals surface area contributed by atoms with Crippen molar-refractivity contribution < 1.29 is 0 Å². The van der Waals surface area contributed by atoms with Crippen LogP contribution in [-0.2, 0) is 5.41 Å². The molecule has 2 aliphatic carbocycles. The van der Waals surface area contributed by atoms with Gasteiger partial charge in [-0.1, -0.05) is 24.3 Å². The van der Waals surface area contributed by atoms with Crippen molar-refractivity contribution >= 4 is 114 Å². The molecule has 0 saturated carbocycles. The van der Waals surface area contributed by atoms with E-state index < -0.39 is 5.41 Å². The van der Waals surface area contributed by atoms with Crippen molar-refractivity contribution in [2.24, 2.45) is 0 Å². The molecule has 8 heterocycles. The molecule has 0 aromatic heterocycles. The summed E-state index contributed by atoms with van der Waals surface area (Å²) in [6.07, 6.45) is 1.92. The van der Waals surface area contributed by atoms with Crippen LogP contribution in [-0.4, -0.2) is 96.7 Å². The van der Waals surface area contributed by atoms with E-state index in [0.29, 0.717) is 48.3 Å². The number of nitrogens with zero attached hydrogens (tertiary/aromatic N) is 12. The zero-order chi connectivity index (χ0) is 93.4. The Hall–Kier alpha value is -11.8. The predicted molar refractivity (Wildman–Crippen MR) is 570 cm³/mol. The first-order valence-corrected chi connectivity index (χ1v) is 49.4. The maximum Gasteiger partial charge on any atom is 0.0728 e. The van der Waals surface area contributed by atoms with Crippen LogP contribution < -0.4 is 58.8 Å². The molecule has 1 spiro atoms. The fourth-order valence-electron chi connectivity index (χ4n) is 24.2. The molecule has 12 aromatic carbocycles. The summed E-state index contributed by atoms with van der Waals surface area (Å²) in [6, 6.07) is 110. The van der Waals surface area contributed by atoms with Gasteiger partial charge in [-0.15, -0.1) is 0 Å². The van der Waals surface area contributed by atoms with E-state index in [9.17, 15) is 0 Å². The van der Waals surface area contributed by atoms with Gasteiger partial charge in [-0.25, -0.2) is 0 Å². The minimum absolute atomic E-state index is 0.205. The van der Waals surface area contributed by atoms with Gasteiger partial charge >= 0.3 is 0 Å². The molecule has 12 nitrogen and oxygen atoms in total. The first-order valence-electron chi connectivity index (χ1n) is 49.4. The third-order valence-corrected chi connectivity index (χ3v) is 28.4.